The van der Waals surface area contributed by atoms with Crippen molar-refractivity contribution in [3.63, 3.8) is 0 Å². The van der Waals surface area contributed by atoms with Crippen molar-refractivity contribution in [1.82, 2.24) is 9.78 Å². The van der Waals surface area contributed by atoms with Gasteiger partial charge in [0.2, 0.25) is 0 Å². The molecule has 0 bridgehead atoms. The number of nitrogens with zero attached hydrogens (tertiary/aromatic N) is 2. The number of nitrogens with one attached hydrogen (secondary N) is 1. The van der Waals surface area contributed by atoms with Crippen LogP contribution in [0.3, 0.4) is 0 Å². The summed E-state index contributed by atoms with van der Waals surface area (Å²) in [6.07, 6.45) is 0. The number of carbonyl (C=O) groups excluding carboxylic acids is 1. The van der Waals surface area contributed by atoms with Gasteiger partial charge in [-0.2, -0.15) is 5.10 Å². The van der Waals surface area contributed by atoms with Crippen LogP contribution in [-0.4, -0.2) is 15.7 Å². The van der Waals surface area contributed by atoms with Crippen LogP contribution in [0.1, 0.15) is 16.1 Å². The Kier molecular flexibility index (Phi) is 3.01. The maximum atomic E-state index is 13.1. The van der Waals surface area contributed by atoms with Crippen molar-refractivity contribution in [2.24, 2.45) is 7.05 Å². The van der Waals surface area contributed by atoms with Crippen LogP contribution in [-0.2, 0) is 7.05 Å². The molecule has 3 N–H and O–H groups in total. The van der Waals surface area contributed by atoms with Gasteiger partial charge in [0.25, 0.3) is 5.91 Å². The maximum absolute atomic E-state index is 13.1. The van der Waals surface area contributed by atoms with E-state index >= 15 is 0 Å². The molecule has 0 aliphatic carbocycles. The van der Waals surface area contributed by atoms with E-state index in [-0.39, 0.29) is 11.3 Å². The van der Waals surface area contributed by atoms with Crippen molar-refractivity contribution >= 4 is 17.4 Å². The monoisotopic (exact) mass is 248 g/mol. The molecule has 0 saturated carbocycles. The first kappa shape index (κ1) is 12.1. The van der Waals surface area contributed by atoms with Crippen LogP contribution in [0.2, 0.25) is 0 Å². The number of halogens is 1. The van der Waals surface area contributed by atoms with Crippen LogP contribution in [0, 0.1) is 12.7 Å². The molecule has 0 unspecified atom stereocenters. The van der Waals surface area contributed by atoms with Gasteiger partial charge in [-0.1, -0.05) is 0 Å². The van der Waals surface area contributed by atoms with Crippen LogP contribution in [0.15, 0.2) is 24.3 Å². The van der Waals surface area contributed by atoms with Gasteiger partial charge in [0.15, 0.2) is 0 Å². The van der Waals surface area contributed by atoms with E-state index in [1.807, 2.05) is 6.92 Å². The van der Waals surface area contributed by atoms with Crippen molar-refractivity contribution in [2.75, 3.05) is 11.1 Å². The third-order valence-corrected chi connectivity index (χ3v) is 2.50. The second-order valence-electron chi connectivity index (χ2n) is 3.98. The second kappa shape index (κ2) is 4.48. The van der Waals surface area contributed by atoms with E-state index < -0.39 is 11.7 Å². The van der Waals surface area contributed by atoms with Crippen molar-refractivity contribution < 1.29 is 9.18 Å². The van der Waals surface area contributed by atoms with E-state index in [4.69, 9.17) is 5.73 Å². The third kappa shape index (κ3) is 2.32. The van der Waals surface area contributed by atoms with Gasteiger partial charge in [0.05, 0.1) is 11.3 Å². The van der Waals surface area contributed by atoms with E-state index in [1.54, 1.807) is 13.1 Å². The molecule has 1 aromatic heterocycles. The van der Waals surface area contributed by atoms with Crippen LogP contribution in [0.4, 0.5) is 15.9 Å². The number of aromatic nitrogens is 2. The molecular weight excluding hydrogens is 235 g/mol. The minimum Gasteiger partial charge on any atom is -0.398 e. The van der Waals surface area contributed by atoms with E-state index in [9.17, 15) is 9.18 Å². The standard InChI is InChI=1S/C12H13FN4O/c1-7-5-11(17(2)16-7)15-12(18)9-6-8(13)3-4-10(9)14/h3-6H,14H2,1-2H3,(H,15,18). The quantitative estimate of drug-likeness (QED) is 0.794. The first-order valence-corrected chi connectivity index (χ1v) is 5.34. The Morgan fingerprint density at radius 1 is 1.44 bits per heavy atom. The summed E-state index contributed by atoms with van der Waals surface area (Å²) in [7, 11) is 1.71. The normalized spacial score (nSPS) is 10.4. The lowest BCUT2D eigenvalue weighted by molar-refractivity contribution is 0.102. The highest BCUT2D eigenvalue weighted by molar-refractivity contribution is 6.07. The molecule has 1 amide bonds. The Morgan fingerprint density at radius 3 is 2.78 bits per heavy atom. The van der Waals surface area contributed by atoms with Crippen molar-refractivity contribution in [3.8, 4) is 0 Å². The fourth-order valence-corrected chi connectivity index (χ4v) is 1.64. The molecule has 18 heavy (non-hydrogen) atoms. The summed E-state index contributed by atoms with van der Waals surface area (Å²) >= 11 is 0. The summed E-state index contributed by atoms with van der Waals surface area (Å²) in [5.74, 6) is -0.438. The Labute approximate surface area is 103 Å². The molecule has 0 fully saturated rings. The fourth-order valence-electron chi connectivity index (χ4n) is 1.64. The summed E-state index contributed by atoms with van der Waals surface area (Å²) in [6.45, 7) is 1.81. The first-order valence-electron chi connectivity index (χ1n) is 5.34. The maximum Gasteiger partial charge on any atom is 0.259 e. The number of anilines is 2. The van der Waals surface area contributed by atoms with Crippen LogP contribution in [0.5, 0.6) is 0 Å². The number of rotatable bonds is 2. The molecule has 0 aliphatic heterocycles. The highest BCUT2D eigenvalue weighted by atomic mass is 19.1. The molecular formula is C12H13FN4O. The van der Waals surface area contributed by atoms with Gasteiger partial charge in [0, 0.05) is 18.8 Å². The molecule has 0 atom stereocenters. The number of hydrogen-bond acceptors (Lipinski definition) is 3. The topological polar surface area (TPSA) is 72.9 Å². The fraction of sp³-hybridized carbons (Fsp3) is 0.167. The molecule has 6 heteroatoms. The minimum absolute atomic E-state index is 0.105. The lowest BCUT2D eigenvalue weighted by Crippen LogP contribution is -2.16. The molecule has 1 aromatic carbocycles. The van der Waals surface area contributed by atoms with E-state index in [0.29, 0.717) is 5.82 Å². The highest BCUT2D eigenvalue weighted by Gasteiger charge is 2.13. The second-order valence-corrected chi connectivity index (χ2v) is 3.98. The van der Waals surface area contributed by atoms with Crippen molar-refractivity contribution in [1.29, 1.82) is 0 Å². The van der Waals surface area contributed by atoms with E-state index in [0.717, 1.165) is 11.8 Å². The molecule has 94 valence electrons. The number of nitrogens with two attached hydrogens (primary N) is 1. The number of carbonyl (C=O) groups is 1. The molecule has 0 saturated heterocycles. The Morgan fingerprint density at radius 2 is 2.17 bits per heavy atom. The van der Waals surface area contributed by atoms with Crippen molar-refractivity contribution in [3.05, 3.63) is 41.3 Å². The molecule has 0 radical (unpaired) electrons. The summed E-state index contributed by atoms with van der Waals surface area (Å²) in [6, 6.07) is 5.39. The lowest BCUT2D eigenvalue weighted by Gasteiger charge is -2.07. The number of benzene rings is 1. The van der Waals surface area contributed by atoms with Crippen LogP contribution < -0.4 is 11.1 Å². The number of nitrogen functional groups attached to an aromatic ring is 1. The number of aryl methyl sites for hydroxylation is 2. The zero-order valence-corrected chi connectivity index (χ0v) is 10.1. The highest BCUT2D eigenvalue weighted by Crippen LogP contribution is 2.16. The average Bonchev–Trinajstić information content (AvgIpc) is 2.61. The SMILES string of the molecule is Cc1cc(NC(=O)c2cc(F)ccc2N)n(C)n1. The molecule has 2 aromatic rings. The lowest BCUT2D eigenvalue weighted by atomic mass is 10.1. The molecule has 0 spiro atoms. The van der Waals surface area contributed by atoms with Crippen LogP contribution in [0.25, 0.3) is 0 Å². The molecule has 5 nitrogen and oxygen atoms in total. The zero-order valence-electron chi connectivity index (χ0n) is 10.1. The summed E-state index contributed by atoms with van der Waals surface area (Å²) in [4.78, 5) is 11.9. The van der Waals surface area contributed by atoms with Crippen molar-refractivity contribution in [2.45, 2.75) is 6.92 Å². The van der Waals surface area contributed by atoms with Gasteiger partial charge in [-0.25, -0.2) is 4.39 Å². The average molecular weight is 248 g/mol. The predicted octanol–water partition coefficient (Wildman–Crippen LogP) is 1.70. The summed E-state index contributed by atoms with van der Waals surface area (Å²) in [5, 5.41) is 6.72. The summed E-state index contributed by atoms with van der Waals surface area (Å²) in [5.41, 5.74) is 6.75. The van der Waals surface area contributed by atoms with E-state index in [1.165, 1.54) is 16.8 Å². The van der Waals surface area contributed by atoms with Gasteiger partial charge in [-0.05, 0) is 25.1 Å². The minimum atomic E-state index is -0.504. The third-order valence-electron chi connectivity index (χ3n) is 2.50. The van der Waals surface area contributed by atoms with E-state index in [2.05, 4.69) is 10.4 Å². The Hall–Kier alpha value is -2.37. The van der Waals surface area contributed by atoms with Gasteiger partial charge in [0.1, 0.15) is 11.6 Å². The zero-order chi connectivity index (χ0) is 13.3. The molecule has 1 heterocycles. The summed E-state index contributed by atoms with van der Waals surface area (Å²) < 4.78 is 14.6. The smallest absolute Gasteiger partial charge is 0.259 e. The van der Waals surface area contributed by atoms with Gasteiger partial charge >= 0.3 is 0 Å². The molecule has 2 rings (SSSR count). The van der Waals surface area contributed by atoms with Gasteiger partial charge in [-0.3, -0.25) is 9.48 Å². The number of hydrogen-bond donors (Lipinski definition) is 2. The predicted molar refractivity (Wildman–Crippen MR) is 66.7 cm³/mol. The largest absolute Gasteiger partial charge is 0.398 e. The Bertz CT molecular complexity index is 606. The number of amides is 1. The molecule has 0 aliphatic rings. The van der Waals surface area contributed by atoms with Gasteiger partial charge < -0.3 is 11.1 Å². The van der Waals surface area contributed by atoms with Gasteiger partial charge in [-0.15, -0.1) is 0 Å². The van der Waals surface area contributed by atoms with Crippen LogP contribution >= 0.6 is 0 Å². The first-order chi connectivity index (χ1) is 8.47. The Balaban J connectivity index is 2.27.